The summed E-state index contributed by atoms with van der Waals surface area (Å²) >= 11 is 0. The molecule has 0 saturated carbocycles. The van der Waals surface area contributed by atoms with Gasteiger partial charge in [0.1, 0.15) is 0 Å². The van der Waals surface area contributed by atoms with E-state index in [1.807, 2.05) is 0 Å². The van der Waals surface area contributed by atoms with Crippen LogP contribution in [0.5, 0.6) is 0 Å². The van der Waals surface area contributed by atoms with Crippen LogP contribution in [-0.2, 0) is 0 Å². The number of anilines is 3. The van der Waals surface area contributed by atoms with E-state index in [1.54, 1.807) is 0 Å². The minimum atomic E-state index is 1.09. The summed E-state index contributed by atoms with van der Waals surface area (Å²) < 4.78 is 0. The summed E-state index contributed by atoms with van der Waals surface area (Å²) in [4.78, 5) is 2.39. The Morgan fingerprint density at radius 3 is 1.42 bits per heavy atom. The van der Waals surface area contributed by atoms with Crippen LogP contribution in [0.15, 0.2) is 237 Å². The maximum atomic E-state index is 2.40. The van der Waals surface area contributed by atoms with E-state index in [1.165, 1.54) is 87.6 Å². The molecule has 0 unspecified atom stereocenters. The van der Waals surface area contributed by atoms with Crippen molar-refractivity contribution >= 4 is 60.2 Å². The Labute approximate surface area is 344 Å². The number of fused-ring (bicyclic) bond motifs is 6. The molecule has 1 nitrogen and oxygen atoms in total. The third kappa shape index (κ3) is 6.30. The molecule has 0 aliphatic carbocycles. The molecule has 0 aliphatic rings. The topological polar surface area (TPSA) is 3.24 Å². The first-order valence-corrected chi connectivity index (χ1v) is 20.3. The van der Waals surface area contributed by atoms with E-state index in [9.17, 15) is 0 Å². The Morgan fingerprint density at radius 2 is 0.695 bits per heavy atom. The van der Waals surface area contributed by atoms with E-state index in [4.69, 9.17) is 0 Å². The Kier molecular flexibility index (Phi) is 8.56. The molecule has 0 spiro atoms. The molecule has 0 aromatic heterocycles. The van der Waals surface area contributed by atoms with Crippen LogP contribution in [0.1, 0.15) is 0 Å². The van der Waals surface area contributed by atoms with Gasteiger partial charge in [0.25, 0.3) is 0 Å². The molecular formula is C58H39N. The monoisotopic (exact) mass is 749 g/mol. The van der Waals surface area contributed by atoms with Gasteiger partial charge in [0.2, 0.25) is 0 Å². The third-order valence-corrected chi connectivity index (χ3v) is 11.8. The number of benzene rings is 11. The highest BCUT2D eigenvalue weighted by atomic mass is 15.1. The fourth-order valence-corrected chi connectivity index (χ4v) is 8.91. The maximum absolute atomic E-state index is 2.40. The normalized spacial score (nSPS) is 11.4. The van der Waals surface area contributed by atoms with Crippen molar-refractivity contribution in [3.63, 3.8) is 0 Å². The SMILES string of the molecule is c1ccc(-c2ccc(N(c3ccc(-c4cc5c6ccccc6ccc5c5ccccc45)cc3)c3ccc(-c4ccc5ccccc5c4)c(-c4ccccc4)c3)cc2)cc1. The van der Waals surface area contributed by atoms with Crippen molar-refractivity contribution in [1.29, 1.82) is 0 Å². The lowest BCUT2D eigenvalue weighted by Crippen LogP contribution is -2.10. The highest BCUT2D eigenvalue weighted by molar-refractivity contribution is 6.21. The lowest BCUT2D eigenvalue weighted by atomic mass is 9.91. The van der Waals surface area contributed by atoms with Crippen molar-refractivity contribution in [3.05, 3.63) is 237 Å². The Hall–Kier alpha value is -7.74. The fraction of sp³-hybridized carbons (Fsp3) is 0. The molecule has 0 N–H and O–H groups in total. The van der Waals surface area contributed by atoms with Crippen LogP contribution in [0, 0.1) is 0 Å². The standard InChI is InChI=1S/C58H39N/c1-3-13-40(14-4-1)42-25-30-48(31-26-42)59(50-34-36-52(56(38-50)43-16-5-2-6-17-43)47-24-23-41-15-7-8-19-46(41)37-47)49-32-27-45(28-33-49)57-39-58-51-20-10-9-18-44(51)29-35-55(58)53-21-11-12-22-54(53)57/h1-39H. The average molecular weight is 750 g/mol. The Bertz CT molecular complexity index is 3290. The van der Waals surface area contributed by atoms with Crippen molar-refractivity contribution < 1.29 is 0 Å². The zero-order valence-corrected chi connectivity index (χ0v) is 32.5. The lowest BCUT2D eigenvalue weighted by molar-refractivity contribution is 1.28. The van der Waals surface area contributed by atoms with Crippen LogP contribution in [0.3, 0.4) is 0 Å². The minimum Gasteiger partial charge on any atom is -0.310 e. The molecule has 0 atom stereocenters. The van der Waals surface area contributed by atoms with Gasteiger partial charge in [-0.2, -0.15) is 0 Å². The number of nitrogens with zero attached hydrogens (tertiary/aromatic N) is 1. The molecular weight excluding hydrogens is 711 g/mol. The van der Waals surface area contributed by atoms with Crippen molar-refractivity contribution in [2.45, 2.75) is 0 Å². The van der Waals surface area contributed by atoms with Gasteiger partial charge in [-0.05, 0) is 136 Å². The van der Waals surface area contributed by atoms with Gasteiger partial charge in [0.05, 0.1) is 0 Å². The first-order valence-electron chi connectivity index (χ1n) is 20.3. The second kappa shape index (κ2) is 14.6. The molecule has 0 saturated heterocycles. The van der Waals surface area contributed by atoms with Gasteiger partial charge in [-0.15, -0.1) is 0 Å². The van der Waals surface area contributed by atoms with Gasteiger partial charge in [0, 0.05) is 17.1 Å². The molecule has 1 heteroatoms. The van der Waals surface area contributed by atoms with Crippen LogP contribution >= 0.6 is 0 Å². The third-order valence-electron chi connectivity index (χ3n) is 11.8. The van der Waals surface area contributed by atoms with E-state index in [-0.39, 0.29) is 0 Å². The van der Waals surface area contributed by atoms with Crippen LogP contribution in [0.2, 0.25) is 0 Å². The highest BCUT2D eigenvalue weighted by Gasteiger charge is 2.18. The summed E-state index contributed by atoms with van der Waals surface area (Å²) in [5, 5.41) is 10.1. The summed E-state index contributed by atoms with van der Waals surface area (Å²) in [6.45, 7) is 0. The zero-order valence-electron chi connectivity index (χ0n) is 32.5. The van der Waals surface area contributed by atoms with E-state index in [2.05, 4.69) is 241 Å². The Balaban J connectivity index is 1.07. The Morgan fingerprint density at radius 1 is 0.203 bits per heavy atom. The molecule has 11 aromatic rings. The largest absolute Gasteiger partial charge is 0.310 e. The van der Waals surface area contributed by atoms with Gasteiger partial charge in [0.15, 0.2) is 0 Å². The first kappa shape index (κ1) is 34.5. The average Bonchev–Trinajstić information content (AvgIpc) is 3.32. The van der Waals surface area contributed by atoms with Crippen LogP contribution in [0.25, 0.3) is 87.6 Å². The zero-order chi connectivity index (χ0) is 39.1. The van der Waals surface area contributed by atoms with E-state index in [0.29, 0.717) is 0 Å². The summed E-state index contributed by atoms with van der Waals surface area (Å²) in [7, 11) is 0. The van der Waals surface area contributed by atoms with Crippen LogP contribution in [0.4, 0.5) is 17.1 Å². The maximum Gasteiger partial charge on any atom is 0.0468 e. The van der Waals surface area contributed by atoms with Gasteiger partial charge in [-0.25, -0.2) is 0 Å². The number of rotatable bonds is 7. The molecule has 11 rings (SSSR count). The van der Waals surface area contributed by atoms with E-state index >= 15 is 0 Å². The molecule has 59 heavy (non-hydrogen) atoms. The van der Waals surface area contributed by atoms with Gasteiger partial charge in [-0.1, -0.05) is 188 Å². The van der Waals surface area contributed by atoms with Crippen LogP contribution < -0.4 is 4.90 Å². The molecule has 0 fully saturated rings. The molecule has 0 amide bonds. The summed E-state index contributed by atoms with van der Waals surface area (Å²) in [6, 6.07) is 86.3. The van der Waals surface area contributed by atoms with Crippen molar-refractivity contribution in [2.75, 3.05) is 4.90 Å². The number of hydrogen-bond acceptors (Lipinski definition) is 1. The van der Waals surface area contributed by atoms with E-state index in [0.717, 1.165) is 17.1 Å². The molecule has 0 aliphatic heterocycles. The molecule has 11 aromatic carbocycles. The van der Waals surface area contributed by atoms with Gasteiger partial charge >= 0.3 is 0 Å². The minimum absolute atomic E-state index is 1.09. The van der Waals surface area contributed by atoms with Crippen molar-refractivity contribution in [1.82, 2.24) is 0 Å². The van der Waals surface area contributed by atoms with Gasteiger partial charge < -0.3 is 4.90 Å². The second-order valence-electron chi connectivity index (χ2n) is 15.3. The molecule has 0 bridgehead atoms. The lowest BCUT2D eigenvalue weighted by Gasteiger charge is -2.27. The second-order valence-corrected chi connectivity index (χ2v) is 15.3. The van der Waals surface area contributed by atoms with Crippen LogP contribution in [-0.4, -0.2) is 0 Å². The summed E-state index contributed by atoms with van der Waals surface area (Å²) in [5.74, 6) is 0. The smallest absolute Gasteiger partial charge is 0.0468 e. The number of hydrogen-bond donors (Lipinski definition) is 0. The highest BCUT2D eigenvalue weighted by Crippen LogP contribution is 2.43. The summed E-state index contributed by atoms with van der Waals surface area (Å²) in [6.07, 6.45) is 0. The molecule has 276 valence electrons. The molecule has 0 radical (unpaired) electrons. The van der Waals surface area contributed by atoms with Crippen molar-refractivity contribution in [2.24, 2.45) is 0 Å². The first-order chi connectivity index (χ1) is 29.2. The van der Waals surface area contributed by atoms with Gasteiger partial charge in [-0.3, -0.25) is 0 Å². The molecule has 0 heterocycles. The fourth-order valence-electron chi connectivity index (χ4n) is 8.91. The predicted octanol–water partition coefficient (Wildman–Crippen LogP) is 16.4. The van der Waals surface area contributed by atoms with E-state index < -0.39 is 0 Å². The quantitative estimate of drug-likeness (QED) is 0.147. The summed E-state index contributed by atoms with van der Waals surface area (Å²) in [5.41, 5.74) is 12.9. The van der Waals surface area contributed by atoms with Crippen molar-refractivity contribution in [3.8, 4) is 44.5 Å². The predicted molar refractivity (Wildman–Crippen MR) is 253 cm³/mol.